The molecule has 0 fully saturated rings. The summed E-state index contributed by atoms with van der Waals surface area (Å²) in [5, 5.41) is 1.01. The Hall–Kier alpha value is -3.97. The van der Waals surface area contributed by atoms with Crippen molar-refractivity contribution in [1.29, 1.82) is 0 Å². The summed E-state index contributed by atoms with van der Waals surface area (Å²) in [5.74, 6) is 1.78. The maximum absolute atomic E-state index is 12.6. The zero-order valence-corrected chi connectivity index (χ0v) is 27.1. The third-order valence-electron chi connectivity index (χ3n) is 8.01. The molecular formula is C37H38Cl2N2O4. The van der Waals surface area contributed by atoms with Gasteiger partial charge in [-0.3, -0.25) is 9.69 Å². The summed E-state index contributed by atoms with van der Waals surface area (Å²) < 4.78 is 18.7. The number of halogens is 2. The van der Waals surface area contributed by atoms with E-state index in [-0.39, 0.29) is 18.1 Å². The lowest BCUT2D eigenvalue weighted by Crippen LogP contribution is -2.49. The van der Waals surface area contributed by atoms with Gasteiger partial charge in [0.25, 0.3) is 0 Å². The van der Waals surface area contributed by atoms with E-state index in [2.05, 4.69) is 36.6 Å². The van der Waals surface area contributed by atoms with Crippen molar-refractivity contribution in [2.45, 2.75) is 58.0 Å². The van der Waals surface area contributed by atoms with Crippen molar-refractivity contribution in [3.8, 4) is 17.2 Å². The van der Waals surface area contributed by atoms with Crippen molar-refractivity contribution in [2.75, 3.05) is 6.61 Å². The first-order valence-electron chi connectivity index (χ1n) is 15.1. The van der Waals surface area contributed by atoms with E-state index in [4.69, 9.17) is 43.1 Å². The lowest BCUT2D eigenvalue weighted by Gasteiger charge is -2.41. The Morgan fingerprint density at radius 1 is 1.02 bits per heavy atom. The summed E-state index contributed by atoms with van der Waals surface area (Å²) in [6, 6.07) is 27.3. The van der Waals surface area contributed by atoms with Crippen LogP contribution in [-0.2, 0) is 24.4 Å². The first kappa shape index (κ1) is 32.4. The van der Waals surface area contributed by atoms with Crippen LogP contribution in [0.5, 0.6) is 17.2 Å². The number of hydrogen-bond donors (Lipinski definition) is 1. The minimum Gasteiger partial charge on any atom is -0.489 e. The SMILES string of the molecule is C=CC.CCC(c1ccccc1)N1Cc2cc3c(cc2CC1C(N)=O)OCC(c1cccc(OCc2ccc(Cl)c(Cl)c2)c1)O3. The number of nitrogens with two attached hydrogens (primary N) is 1. The number of primary amides is 1. The summed E-state index contributed by atoms with van der Waals surface area (Å²) in [5.41, 5.74) is 11.2. The number of nitrogens with zero attached hydrogens (tertiary/aromatic N) is 1. The summed E-state index contributed by atoms with van der Waals surface area (Å²) in [7, 11) is 0. The van der Waals surface area contributed by atoms with E-state index >= 15 is 0 Å². The smallest absolute Gasteiger partial charge is 0.235 e. The second-order valence-electron chi connectivity index (χ2n) is 11.1. The Kier molecular flexibility index (Phi) is 10.7. The Balaban J connectivity index is 0.00000128. The van der Waals surface area contributed by atoms with E-state index in [1.807, 2.05) is 61.5 Å². The number of ether oxygens (including phenoxy) is 3. The molecule has 2 heterocycles. The number of carbonyl (C=O) groups excluding carboxylic acids is 1. The molecule has 2 aliphatic heterocycles. The standard InChI is InChI=1S/C34H32Cl2N2O4.C3H6/c1-2-29(22-7-4-3-5-8-22)38-18-25-17-32-31(16-24(25)15-30(38)34(37)39)41-20-33(42-32)23-9-6-10-26(14-23)40-19-21-11-12-27(35)28(36)13-21;1-3-2/h3-14,16-17,29-30,33H,2,15,18-20H2,1H3,(H2,37,39);3H,1H2,2H3. The molecule has 3 unspecified atom stereocenters. The first-order valence-corrected chi connectivity index (χ1v) is 15.9. The fourth-order valence-corrected chi connectivity index (χ4v) is 6.19. The zero-order chi connectivity index (χ0) is 31.9. The molecule has 4 aromatic carbocycles. The highest BCUT2D eigenvalue weighted by Crippen LogP contribution is 2.42. The summed E-state index contributed by atoms with van der Waals surface area (Å²) in [6.45, 7) is 8.71. The first-order chi connectivity index (χ1) is 21.8. The van der Waals surface area contributed by atoms with E-state index in [1.165, 1.54) is 5.56 Å². The van der Waals surface area contributed by atoms with Crippen LogP contribution in [0.3, 0.4) is 0 Å². The molecular weight excluding hydrogens is 607 g/mol. The molecule has 0 saturated carbocycles. The van der Waals surface area contributed by atoms with Gasteiger partial charge in [0.05, 0.1) is 16.1 Å². The molecule has 3 atom stereocenters. The average Bonchev–Trinajstić information content (AvgIpc) is 3.05. The molecule has 0 spiro atoms. The van der Waals surface area contributed by atoms with E-state index in [0.29, 0.717) is 47.7 Å². The molecule has 2 N–H and O–H groups in total. The molecule has 6 rings (SSSR count). The molecule has 0 saturated heterocycles. The Morgan fingerprint density at radius 3 is 2.49 bits per heavy atom. The molecule has 6 nitrogen and oxygen atoms in total. The van der Waals surface area contributed by atoms with Crippen LogP contribution in [0.2, 0.25) is 10.0 Å². The van der Waals surface area contributed by atoms with Crippen molar-refractivity contribution in [1.82, 2.24) is 4.90 Å². The number of carbonyl (C=O) groups is 1. The van der Waals surface area contributed by atoms with E-state index in [0.717, 1.165) is 34.4 Å². The molecule has 45 heavy (non-hydrogen) atoms. The third kappa shape index (κ3) is 7.64. The van der Waals surface area contributed by atoms with Crippen molar-refractivity contribution in [2.24, 2.45) is 5.73 Å². The Labute approximate surface area is 275 Å². The maximum Gasteiger partial charge on any atom is 0.235 e. The fourth-order valence-electron chi connectivity index (χ4n) is 5.86. The number of hydrogen-bond acceptors (Lipinski definition) is 5. The van der Waals surface area contributed by atoms with Gasteiger partial charge >= 0.3 is 0 Å². The molecule has 4 aromatic rings. The van der Waals surface area contributed by atoms with E-state index in [9.17, 15) is 4.79 Å². The zero-order valence-electron chi connectivity index (χ0n) is 25.5. The molecule has 0 aromatic heterocycles. The van der Waals surface area contributed by atoms with Crippen molar-refractivity contribution < 1.29 is 19.0 Å². The number of allylic oxidation sites excluding steroid dienone is 1. The van der Waals surface area contributed by atoms with Gasteiger partial charge < -0.3 is 19.9 Å². The predicted molar refractivity (Wildman–Crippen MR) is 180 cm³/mol. The largest absolute Gasteiger partial charge is 0.489 e. The van der Waals surface area contributed by atoms with Gasteiger partial charge in [0.1, 0.15) is 19.0 Å². The van der Waals surface area contributed by atoms with Crippen LogP contribution in [0.1, 0.15) is 60.2 Å². The van der Waals surface area contributed by atoms with E-state index in [1.54, 1.807) is 18.2 Å². The fraction of sp³-hybridized carbons (Fsp3) is 0.270. The summed E-state index contributed by atoms with van der Waals surface area (Å²) in [4.78, 5) is 14.8. The monoisotopic (exact) mass is 644 g/mol. The van der Waals surface area contributed by atoms with Crippen LogP contribution in [-0.4, -0.2) is 23.5 Å². The van der Waals surface area contributed by atoms with Crippen LogP contribution < -0.4 is 19.9 Å². The average molecular weight is 646 g/mol. The lowest BCUT2D eigenvalue weighted by atomic mass is 9.89. The third-order valence-corrected chi connectivity index (χ3v) is 8.75. The maximum atomic E-state index is 12.6. The van der Waals surface area contributed by atoms with Gasteiger partial charge in [-0.2, -0.15) is 0 Å². The Morgan fingerprint density at radius 2 is 1.78 bits per heavy atom. The molecule has 0 aliphatic carbocycles. The van der Waals surface area contributed by atoms with Gasteiger partial charge in [-0.1, -0.05) is 84.7 Å². The summed E-state index contributed by atoms with van der Waals surface area (Å²) >= 11 is 12.2. The normalized spacial score (nSPS) is 17.7. The minimum atomic E-state index is -0.399. The lowest BCUT2D eigenvalue weighted by molar-refractivity contribution is -0.125. The highest BCUT2D eigenvalue weighted by Gasteiger charge is 2.36. The molecule has 234 valence electrons. The van der Waals surface area contributed by atoms with Gasteiger partial charge in [-0.15, -0.1) is 6.58 Å². The van der Waals surface area contributed by atoms with Crippen LogP contribution in [0.15, 0.2) is 97.6 Å². The second kappa shape index (κ2) is 14.9. The van der Waals surface area contributed by atoms with Crippen LogP contribution in [0.25, 0.3) is 0 Å². The highest BCUT2D eigenvalue weighted by molar-refractivity contribution is 6.42. The second-order valence-corrected chi connectivity index (χ2v) is 11.9. The molecule has 0 radical (unpaired) electrons. The Bertz CT molecular complexity index is 1650. The van der Waals surface area contributed by atoms with Crippen molar-refractivity contribution >= 4 is 29.1 Å². The molecule has 2 aliphatic rings. The van der Waals surface area contributed by atoms with Crippen LogP contribution in [0.4, 0.5) is 0 Å². The van der Waals surface area contributed by atoms with Gasteiger partial charge in [-0.25, -0.2) is 0 Å². The number of benzene rings is 4. The van der Waals surface area contributed by atoms with Gasteiger partial charge in [0.2, 0.25) is 5.91 Å². The predicted octanol–water partition coefficient (Wildman–Crippen LogP) is 8.64. The topological polar surface area (TPSA) is 74.0 Å². The number of amides is 1. The number of fused-ring (bicyclic) bond motifs is 2. The molecule has 0 bridgehead atoms. The number of rotatable bonds is 8. The molecule has 8 heteroatoms. The molecule has 1 amide bonds. The summed E-state index contributed by atoms with van der Waals surface area (Å²) in [6.07, 6.45) is 2.85. The van der Waals surface area contributed by atoms with Gasteiger partial charge in [0.15, 0.2) is 17.6 Å². The minimum absolute atomic E-state index is 0.0736. The van der Waals surface area contributed by atoms with Crippen molar-refractivity contribution in [3.63, 3.8) is 0 Å². The van der Waals surface area contributed by atoms with Gasteiger partial charge in [0, 0.05) is 12.6 Å². The van der Waals surface area contributed by atoms with Crippen LogP contribution >= 0.6 is 23.2 Å². The van der Waals surface area contributed by atoms with Crippen LogP contribution in [0, 0.1) is 0 Å². The quantitative estimate of drug-likeness (QED) is 0.194. The highest BCUT2D eigenvalue weighted by atomic mass is 35.5. The van der Waals surface area contributed by atoms with E-state index < -0.39 is 6.04 Å². The van der Waals surface area contributed by atoms with Crippen molar-refractivity contribution in [3.05, 3.63) is 135 Å². The van der Waals surface area contributed by atoms with Gasteiger partial charge in [-0.05, 0) is 84.0 Å².